The van der Waals surface area contributed by atoms with Gasteiger partial charge in [-0.1, -0.05) is 47.7 Å². The molecule has 0 unspecified atom stereocenters. The van der Waals surface area contributed by atoms with Crippen molar-refractivity contribution in [2.24, 2.45) is 0 Å². The van der Waals surface area contributed by atoms with Crippen LogP contribution in [0.4, 0.5) is 9.52 Å². The topological polar surface area (TPSA) is 76.6 Å². The van der Waals surface area contributed by atoms with Crippen molar-refractivity contribution in [3.63, 3.8) is 0 Å². The van der Waals surface area contributed by atoms with Gasteiger partial charge in [-0.2, -0.15) is 0 Å². The van der Waals surface area contributed by atoms with Crippen LogP contribution in [0.5, 0.6) is 0 Å². The number of rotatable bonds is 9. The van der Waals surface area contributed by atoms with Crippen LogP contribution in [0.1, 0.15) is 45.1 Å². The Morgan fingerprint density at radius 3 is 2.52 bits per heavy atom. The van der Waals surface area contributed by atoms with Crippen molar-refractivity contribution in [1.29, 1.82) is 0 Å². The Hall–Kier alpha value is -3.04. The summed E-state index contributed by atoms with van der Waals surface area (Å²) >= 11 is 2.13. The maximum absolute atomic E-state index is 14.4. The summed E-state index contributed by atoms with van der Waals surface area (Å²) in [6, 6.07) is 13.6. The largest absolute Gasteiger partial charge is 0.462 e. The fraction of sp³-hybridized carbons (Fsp3) is 0.250. The number of benzene rings is 2. The molecule has 0 saturated heterocycles. The van der Waals surface area contributed by atoms with Crippen LogP contribution in [-0.2, 0) is 16.1 Å². The highest BCUT2D eigenvalue weighted by Crippen LogP contribution is 2.30. The van der Waals surface area contributed by atoms with Crippen LogP contribution in [-0.4, -0.2) is 35.0 Å². The van der Waals surface area contributed by atoms with E-state index in [1.165, 1.54) is 30.0 Å². The lowest BCUT2D eigenvalue weighted by Gasteiger charge is -2.20. The molecule has 0 aliphatic rings. The van der Waals surface area contributed by atoms with Gasteiger partial charge in [-0.15, -0.1) is 11.8 Å². The van der Waals surface area contributed by atoms with Gasteiger partial charge < -0.3 is 4.74 Å². The molecular formula is C24H23FN2O4S2. The first-order valence-electron chi connectivity index (χ1n) is 10.2. The average Bonchev–Trinajstić information content (AvgIpc) is 3.18. The average molecular weight is 487 g/mol. The number of Topliss-reactive ketones (excluding diaryl/α,β-unsaturated/α-hetero) is 1. The number of amides is 1. The zero-order valence-electron chi connectivity index (χ0n) is 18.5. The Labute approximate surface area is 199 Å². The highest BCUT2D eigenvalue weighted by Gasteiger charge is 2.24. The van der Waals surface area contributed by atoms with Gasteiger partial charge in [-0.25, -0.2) is 14.2 Å². The standard InChI is InChI=1S/C24H23FN2O4S2/c1-4-31-23(30)22-15(2)26-24(33-22)27(13-17-8-6-5-7-9-17)21(29)14-32-20-11-10-18(16(3)28)12-19(20)25/h5-12H,4,13-14H2,1-3H3. The summed E-state index contributed by atoms with van der Waals surface area (Å²) in [5, 5.41) is 0.373. The molecule has 3 rings (SSSR count). The summed E-state index contributed by atoms with van der Waals surface area (Å²) < 4.78 is 19.5. The quantitative estimate of drug-likeness (QED) is 0.232. The number of ether oxygens (including phenoxy) is 1. The van der Waals surface area contributed by atoms with E-state index in [2.05, 4.69) is 4.98 Å². The minimum Gasteiger partial charge on any atom is -0.462 e. The molecule has 6 nitrogen and oxygen atoms in total. The van der Waals surface area contributed by atoms with Gasteiger partial charge in [-0.3, -0.25) is 14.5 Å². The van der Waals surface area contributed by atoms with E-state index in [1.54, 1.807) is 13.8 Å². The third-order valence-corrected chi connectivity index (χ3v) is 6.84. The van der Waals surface area contributed by atoms with Crippen LogP contribution in [0.2, 0.25) is 0 Å². The predicted octanol–water partition coefficient (Wildman–Crippen LogP) is 5.30. The van der Waals surface area contributed by atoms with E-state index in [9.17, 15) is 18.8 Å². The van der Waals surface area contributed by atoms with Crippen molar-refractivity contribution < 1.29 is 23.5 Å². The molecule has 0 radical (unpaired) electrons. The smallest absolute Gasteiger partial charge is 0.350 e. The van der Waals surface area contributed by atoms with Crippen molar-refractivity contribution in [2.75, 3.05) is 17.3 Å². The Balaban J connectivity index is 1.84. The maximum Gasteiger partial charge on any atom is 0.350 e. The fourth-order valence-corrected chi connectivity index (χ4v) is 4.74. The SMILES string of the molecule is CCOC(=O)c1sc(N(Cc2ccccc2)C(=O)CSc2ccc(C(C)=O)cc2F)nc1C. The second kappa shape index (κ2) is 11.2. The van der Waals surface area contributed by atoms with Gasteiger partial charge in [0.25, 0.3) is 0 Å². The summed E-state index contributed by atoms with van der Waals surface area (Å²) in [4.78, 5) is 43.4. The third kappa shape index (κ3) is 6.27. The highest BCUT2D eigenvalue weighted by molar-refractivity contribution is 8.00. The van der Waals surface area contributed by atoms with Crippen molar-refractivity contribution in [2.45, 2.75) is 32.2 Å². The molecule has 2 aromatic carbocycles. The molecule has 1 heterocycles. The van der Waals surface area contributed by atoms with Crippen LogP contribution < -0.4 is 4.90 Å². The number of aryl methyl sites for hydroxylation is 1. The van der Waals surface area contributed by atoms with Crippen molar-refractivity contribution in [3.8, 4) is 0 Å². The van der Waals surface area contributed by atoms with E-state index in [0.29, 0.717) is 15.7 Å². The second-order valence-electron chi connectivity index (χ2n) is 7.09. The van der Waals surface area contributed by atoms with Gasteiger partial charge in [0.2, 0.25) is 5.91 Å². The van der Waals surface area contributed by atoms with E-state index in [4.69, 9.17) is 4.74 Å². The minimum atomic E-state index is -0.551. The number of aromatic nitrogens is 1. The van der Waals surface area contributed by atoms with Crippen LogP contribution in [0.25, 0.3) is 0 Å². The monoisotopic (exact) mass is 486 g/mol. The molecule has 0 fully saturated rings. The Bertz CT molecular complexity index is 1160. The van der Waals surface area contributed by atoms with E-state index >= 15 is 0 Å². The Morgan fingerprint density at radius 2 is 1.88 bits per heavy atom. The van der Waals surface area contributed by atoms with E-state index in [1.807, 2.05) is 30.3 Å². The molecule has 0 aliphatic carbocycles. The van der Waals surface area contributed by atoms with E-state index < -0.39 is 11.8 Å². The molecule has 0 aliphatic heterocycles. The summed E-state index contributed by atoms with van der Waals surface area (Å²) in [5.74, 6) is -1.59. The first kappa shape index (κ1) is 24.6. The summed E-state index contributed by atoms with van der Waals surface area (Å²) in [6.07, 6.45) is 0. The molecule has 33 heavy (non-hydrogen) atoms. The van der Waals surface area contributed by atoms with Gasteiger partial charge in [-0.05, 0) is 38.5 Å². The van der Waals surface area contributed by atoms with Gasteiger partial charge in [0.1, 0.15) is 10.7 Å². The summed E-state index contributed by atoms with van der Waals surface area (Å²) in [7, 11) is 0. The number of carbonyl (C=O) groups excluding carboxylic acids is 3. The van der Waals surface area contributed by atoms with Crippen molar-refractivity contribution in [1.82, 2.24) is 4.98 Å². The van der Waals surface area contributed by atoms with Gasteiger partial charge in [0.15, 0.2) is 10.9 Å². The van der Waals surface area contributed by atoms with E-state index in [-0.39, 0.29) is 41.1 Å². The van der Waals surface area contributed by atoms with Crippen molar-refractivity contribution >= 4 is 45.9 Å². The molecule has 0 N–H and O–H groups in total. The zero-order valence-corrected chi connectivity index (χ0v) is 20.1. The van der Waals surface area contributed by atoms with Gasteiger partial charge in [0.05, 0.1) is 24.6 Å². The molecule has 9 heteroatoms. The number of anilines is 1. The summed E-state index contributed by atoms with van der Waals surface area (Å²) in [6.45, 7) is 5.27. The van der Waals surface area contributed by atoms with Crippen molar-refractivity contribution in [3.05, 3.63) is 76.0 Å². The fourth-order valence-electron chi connectivity index (χ4n) is 2.97. The van der Waals surface area contributed by atoms with Gasteiger partial charge >= 0.3 is 5.97 Å². The number of thioether (sulfide) groups is 1. The molecule has 0 spiro atoms. The lowest BCUT2D eigenvalue weighted by Crippen LogP contribution is -2.31. The number of thiazole rings is 1. The number of ketones is 1. The molecule has 172 valence electrons. The molecule has 0 atom stereocenters. The number of nitrogens with zero attached hydrogens (tertiary/aromatic N) is 2. The molecule has 0 saturated carbocycles. The lowest BCUT2D eigenvalue weighted by molar-refractivity contribution is -0.116. The molecule has 0 bridgehead atoms. The molecule has 3 aromatic rings. The predicted molar refractivity (Wildman–Crippen MR) is 128 cm³/mol. The van der Waals surface area contributed by atoms with Crippen LogP contribution >= 0.6 is 23.1 Å². The molecule has 1 amide bonds. The second-order valence-corrected chi connectivity index (χ2v) is 9.08. The normalized spacial score (nSPS) is 10.7. The van der Waals surface area contributed by atoms with Crippen LogP contribution in [0.15, 0.2) is 53.4 Å². The third-order valence-electron chi connectivity index (χ3n) is 4.65. The van der Waals surface area contributed by atoms with Gasteiger partial charge in [0, 0.05) is 10.5 Å². The summed E-state index contributed by atoms with van der Waals surface area (Å²) in [5.41, 5.74) is 1.65. The van der Waals surface area contributed by atoms with Crippen LogP contribution in [0, 0.1) is 12.7 Å². The zero-order chi connectivity index (χ0) is 24.0. The lowest BCUT2D eigenvalue weighted by atomic mass is 10.1. The number of carbonyl (C=O) groups is 3. The molecular weight excluding hydrogens is 463 g/mol. The Kier molecular flexibility index (Phi) is 8.35. The van der Waals surface area contributed by atoms with Crippen LogP contribution in [0.3, 0.4) is 0 Å². The highest BCUT2D eigenvalue weighted by atomic mass is 32.2. The number of hydrogen-bond acceptors (Lipinski definition) is 7. The number of halogens is 1. The first-order valence-corrected chi connectivity index (χ1v) is 12.0. The maximum atomic E-state index is 14.4. The number of hydrogen-bond donors (Lipinski definition) is 0. The first-order chi connectivity index (χ1) is 15.8. The molecule has 1 aromatic heterocycles. The van der Waals surface area contributed by atoms with E-state index in [0.717, 1.165) is 28.7 Å². The minimum absolute atomic E-state index is 0.0451. The Morgan fingerprint density at radius 1 is 1.15 bits per heavy atom. The number of esters is 1.